The number of nitrogens with zero attached hydrogens (tertiary/aromatic N) is 2. The van der Waals surface area contributed by atoms with Gasteiger partial charge in [-0.2, -0.15) is 0 Å². The topological polar surface area (TPSA) is 115 Å². The zero-order chi connectivity index (χ0) is 14.7. The van der Waals surface area contributed by atoms with E-state index in [1.807, 2.05) is 6.92 Å². The zero-order valence-corrected chi connectivity index (χ0v) is 11.0. The van der Waals surface area contributed by atoms with E-state index in [1.54, 1.807) is 4.90 Å². The number of carbonyl (C=O) groups is 2. The van der Waals surface area contributed by atoms with E-state index in [4.69, 9.17) is 5.11 Å². The second-order valence-electron chi connectivity index (χ2n) is 4.50. The Morgan fingerprint density at radius 2 is 2.30 bits per heavy atom. The molecule has 2 heterocycles. The Morgan fingerprint density at radius 3 is 2.95 bits per heavy atom. The summed E-state index contributed by atoms with van der Waals surface area (Å²) >= 11 is 0. The van der Waals surface area contributed by atoms with Gasteiger partial charge in [-0.15, -0.1) is 0 Å². The Kier molecular flexibility index (Phi) is 4.02. The molecule has 3 N–H and O–H groups in total. The van der Waals surface area contributed by atoms with Crippen LogP contribution in [-0.4, -0.2) is 46.1 Å². The first-order chi connectivity index (χ1) is 9.51. The number of H-pyrrole nitrogens is 1. The Hall–Kier alpha value is -2.38. The molecule has 1 aromatic heterocycles. The van der Waals surface area contributed by atoms with Gasteiger partial charge in [-0.3, -0.25) is 14.4 Å². The first-order valence-corrected chi connectivity index (χ1v) is 6.37. The predicted molar refractivity (Wildman–Crippen MR) is 70.6 cm³/mol. The molecular formula is C12H16N4O4. The van der Waals surface area contributed by atoms with E-state index in [0.717, 1.165) is 0 Å². The van der Waals surface area contributed by atoms with Crippen molar-refractivity contribution >= 4 is 17.7 Å². The molecule has 1 atom stereocenters. The number of anilines is 1. The highest BCUT2D eigenvalue weighted by molar-refractivity contribution is 5.90. The van der Waals surface area contributed by atoms with Gasteiger partial charge in [0, 0.05) is 25.6 Å². The molecule has 1 aliphatic heterocycles. The molecule has 0 bridgehead atoms. The van der Waals surface area contributed by atoms with Crippen molar-refractivity contribution in [2.45, 2.75) is 25.8 Å². The highest BCUT2D eigenvalue weighted by Gasteiger charge is 2.32. The molecule has 1 saturated heterocycles. The van der Waals surface area contributed by atoms with Gasteiger partial charge >= 0.3 is 5.97 Å². The third-order valence-corrected chi connectivity index (χ3v) is 3.11. The van der Waals surface area contributed by atoms with E-state index in [0.29, 0.717) is 31.2 Å². The summed E-state index contributed by atoms with van der Waals surface area (Å²) in [6.45, 7) is 2.66. The number of rotatable bonds is 4. The summed E-state index contributed by atoms with van der Waals surface area (Å²) in [6, 6.07) is 0.437. The van der Waals surface area contributed by atoms with Gasteiger partial charge in [0.05, 0.1) is 6.42 Å². The number of aryl methyl sites for hydroxylation is 1. The number of hydrogen-bond donors (Lipinski definition) is 3. The molecule has 1 amide bonds. The summed E-state index contributed by atoms with van der Waals surface area (Å²) in [5.41, 5.74) is -0.313. The van der Waals surface area contributed by atoms with Gasteiger partial charge in [0.2, 0.25) is 5.91 Å². The van der Waals surface area contributed by atoms with Crippen LogP contribution in [0.4, 0.5) is 5.82 Å². The van der Waals surface area contributed by atoms with Gasteiger partial charge in [-0.05, 0) is 0 Å². The molecule has 8 nitrogen and oxygen atoms in total. The normalized spacial score (nSPS) is 18.8. The third-order valence-electron chi connectivity index (χ3n) is 3.11. The number of amides is 1. The van der Waals surface area contributed by atoms with E-state index in [2.05, 4.69) is 15.3 Å². The van der Waals surface area contributed by atoms with Crippen LogP contribution in [0.15, 0.2) is 10.9 Å². The maximum Gasteiger partial charge on any atom is 0.305 e. The minimum Gasteiger partial charge on any atom is -0.481 e. The maximum atomic E-state index is 11.8. The third kappa shape index (κ3) is 2.95. The lowest BCUT2D eigenvalue weighted by Crippen LogP contribution is -2.56. The van der Waals surface area contributed by atoms with Crippen LogP contribution < -0.4 is 15.8 Å². The van der Waals surface area contributed by atoms with E-state index in [-0.39, 0.29) is 17.9 Å². The van der Waals surface area contributed by atoms with Crippen LogP contribution >= 0.6 is 0 Å². The molecule has 1 unspecified atom stereocenters. The van der Waals surface area contributed by atoms with Gasteiger partial charge in [0.25, 0.3) is 5.56 Å². The van der Waals surface area contributed by atoms with E-state index in [1.165, 1.54) is 6.07 Å². The second kappa shape index (κ2) is 5.72. The molecule has 108 valence electrons. The van der Waals surface area contributed by atoms with Crippen LogP contribution in [0.5, 0.6) is 0 Å². The molecule has 0 saturated carbocycles. The van der Waals surface area contributed by atoms with Gasteiger partial charge in [0.1, 0.15) is 17.7 Å². The monoisotopic (exact) mass is 280 g/mol. The first kappa shape index (κ1) is 14.0. The smallest absolute Gasteiger partial charge is 0.305 e. The molecule has 0 aliphatic carbocycles. The SMILES string of the molecule is CCc1nc(N2CCNC(=O)C2CC(=O)O)cc(=O)[nH]1. The van der Waals surface area contributed by atoms with Crippen molar-refractivity contribution < 1.29 is 14.7 Å². The number of nitrogens with one attached hydrogen (secondary N) is 2. The Labute approximate surface area is 114 Å². The number of carboxylic acids is 1. The average molecular weight is 280 g/mol. The molecule has 0 radical (unpaired) electrons. The lowest BCUT2D eigenvalue weighted by molar-refractivity contribution is -0.139. The Balaban J connectivity index is 2.36. The van der Waals surface area contributed by atoms with Crippen LogP contribution in [0.3, 0.4) is 0 Å². The minimum absolute atomic E-state index is 0.313. The average Bonchev–Trinajstić information content (AvgIpc) is 2.39. The summed E-state index contributed by atoms with van der Waals surface area (Å²) in [7, 11) is 0. The van der Waals surface area contributed by atoms with E-state index >= 15 is 0 Å². The number of aromatic nitrogens is 2. The summed E-state index contributed by atoms with van der Waals surface area (Å²) in [5.74, 6) is -0.587. The zero-order valence-electron chi connectivity index (χ0n) is 11.0. The summed E-state index contributed by atoms with van der Waals surface area (Å²) in [6.07, 6.45) is 0.217. The summed E-state index contributed by atoms with van der Waals surface area (Å²) in [5, 5.41) is 11.5. The number of hydrogen-bond acceptors (Lipinski definition) is 5. The molecule has 1 aromatic rings. The largest absolute Gasteiger partial charge is 0.481 e. The lowest BCUT2D eigenvalue weighted by Gasteiger charge is -2.35. The fourth-order valence-electron chi connectivity index (χ4n) is 2.17. The number of carboxylic acid groups (broad SMARTS) is 1. The number of piperazine rings is 1. The maximum absolute atomic E-state index is 11.8. The van der Waals surface area contributed by atoms with Gasteiger partial charge in [-0.25, -0.2) is 4.98 Å². The Bertz CT molecular complexity index is 583. The van der Waals surface area contributed by atoms with Crippen molar-refractivity contribution in [1.29, 1.82) is 0 Å². The fourth-order valence-corrected chi connectivity index (χ4v) is 2.17. The highest BCUT2D eigenvalue weighted by Crippen LogP contribution is 2.17. The molecule has 1 fully saturated rings. The quantitative estimate of drug-likeness (QED) is 0.659. The van der Waals surface area contributed by atoms with Gasteiger partial charge in [0.15, 0.2) is 0 Å². The van der Waals surface area contributed by atoms with Crippen molar-refractivity contribution in [3.05, 3.63) is 22.2 Å². The molecule has 2 rings (SSSR count). The summed E-state index contributed by atoms with van der Waals surface area (Å²) < 4.78 is 0. The summed E-state index contributed by atoms with van der Waals surface area (Å²) in [4.78, 5) is 42.7. The van der Waals surface area contributed by atoms with Crippen molar-refractivity contribution in [3.63, 3.8) is 0 Å². The van der Waals surface area contributed by atoms with Crippen LogP contribution in [0, 0.1) is 0 Å². The van der Waals surface area contributed by atoms with E-state index < -0.39 is 12.0 Å². The number of aromatic amines is 1. The Morgan fingerprint density at radius 1 is 1.55 bits per heavy atom. The van der Waals surface area contributed by atoms with Crippen LogP contribution in [0.25, 0.3) is 0 Å². The molecule has 20 heavy (non-hydrogen) atoms. The van der Waals surface area contributed by atoms with Crippen molar-refractivity contribution in [2.75, 3.05) is 18.0 Å². The molecule has 1 aliphatic rings. The lowest BCUT2D eigenvalue weighted by atomic mass is 10.1. The fraction of sp³-hybridized carbons (Fsp3) is 0.500. The van der Waals surface area contributed by atoms with Crippen LogP contribution in [0.2, 0.25) is 0 Å². The van der Waals surface area contributed by atoms with Crippen molar-refractivity contribution in [2.24, 2.45) is 0 Å². The van der Waals surface area contributed by atoms with Crippen molar-refractivity contribution in [3.8, 4) is 0 Å². The molecular weight excluding hydrogens is 264 g/mol. The first-order valence-electron chi connectivity index (χ1n) is 6.37. The van der Waals surface area contributed by atoms with Crippen molar-refractivity contribution in [1.82, 2.24) is 15.3 Å². The second-order valence-corrected chi connectivity index (χ2v) is 4.50. The number of carbonyl (C=O) groups excluding carboxylic acids is 1. The molecule has 0 aromatic carbocycles. The van der Waals surface area contributed by atoms with Gasteiger partial charge < -0.3 is 20.3 Å². The predicted octanol–water partition coefficient (Wildman–Crippen LogP) is -0.888. The van der Waals surface area contributed by atoms with E-state index in [9.17, 15) is 14.4 Å². The molecule has 8 heteroatoms. The minimum atomic E-state index is -1.07. The van der Waals surface area contributed by atoms with Gasteiger partial charge in [-0.1, -0.05) is 6.92 Å². The molecule has 0 spiro atoms. The number of aliphatic carboxylic acids is 1. The highest BCUT2D eigenvalue weighted by atomic mass is 16.4. The van der Waals surface area contributed by atoms with Crippen LogP contribution in [-0.2, 0) is 16.0 Å². The standard InChI is InChI=1S/C12H16N4O4/c1-2-8-14-9(6-10(17)15-8)16-4-3-13-12(20)7(16)5-11(18)19/h6-7H,2-5H2,1H3,(H,13,20)(H,18,19)(H,14,15,17). The van der Waals surface area contributed by atoms with Crippen LogP contribution in [0.1, 0.15) is 19.2 Å².